The van der Waals surface area contributed by atoms with Crippen LogP contribution >= 0.6 is 0 Å². The second-order valence-corrected chi connectivity index (χ2v) is 6.91. The van der Waals surface area contributed by atoms with Gasteiger partial charge in [-0.1, -0.05) is 6.07 Å². The molecular weight excluding hydrogens is 402 g/mol. The molecule has 2 N–H and O–H groups in total. The number of methoxy groups -OCH3 is 3. The fraction of sp³-hybridized carbons (Fsp3) is 0.304. The predicted molar refractivity (Wildman–Crippen MR) is 113 cm³/mol. The molecule has 0 saturated carbocycles. The standard InChI is InChI=1S/C23H25NO7/c1-29-16-8-5-14(6-9-16)21(26)19-20(24(11-4-12-25)23(28)22(19)27)15-7-10-17(30-2)18(13-15)31-3/h5-10,13,20,25-26H,4,11-12H2,1-3H3/b21-19+. The Labute approximate surface area is 180 Å². The number of hydrogen-bond donors (Lipinski definition) is 2. The average Bonchev–Trinajstić information content (AvgIpc) is 3.06. The topological polar surface area (TPSA) is 106 Å². The van der Waals surface area contributed by atoms with Gasteiger partial charge in [-0.15, -0.1) is 0 Å². The zero-order valence-electron chi connectivity index (χ0n) is 17.6. The fourth-order valence-electron chi connectivity index (χ4n) is 3.63. The number of ketones is 1. The summed E-state index contributed by atoms with van der Waals surface area (Å²) in [5.74, 6) is -0.288. The zero-order valence-corrected chi connectivity index (χ0v) is 17.6. The quantitative estimate of drug-likeness (QED) is 0.379. The van der Waals surface area contributed by atoms with E-state index in [-0.39, 0.29) is 24.5 Å². The van der Waals surface area contributed by atoms with E-state index in [1.807, 2.05) is 0 Å². The van der Waals surface area contributed by atoms with Gasteiger partial charge in [-0.05, 0) is 48.4 Å². The van der Waals surface area contributed by atoms with Crippen molar-refractivity contribution in [1.82, 2.24) is 4.90 Å². The molecule has 0 spiro atoms. The smallest absolute Gasteiger partial charge is 0.295 e. The third kappa shape index (κ3) is 4.20. The lowest BCUT2D eigenvalue weighted by atomic mass is 9.95. The van der Waals surface area contributed by atoms with Crippen LogP contribution < -0.4 is 14.2 Å². The maximum Gasteiger partial charge on any atom is 0.295 e. The molecule has 8 heteroatoms. The van der Waals surface area contributed by atoms with Crippen molar-refractivity contribution in [2.75, 3.05) is 34.5 Å². The maximum absolute atomic E-state index is 12.9. The van der Waals surface area contributed by atoms with Gasteiger partial charge in [-0.3, -0.25) is 9.59 Å². The third-order valence-electron chi connectivity index (χ3n) is 5.18. The molecule has 2 aromatic carbocycles. The SMILES string of the molecule is COc1ccc(/C(O)=C2\C(=O)C(=O)N(CCCO)C2c2ccc(OC)c(OC)c2)cc1. The van der Waals surface area contributed by atoms with Crippen LogP contribution in [0.4, 0.5) is 0 Å². The highest BCUT2D eigenvalue weighted by Gasteiger charge is 2.46. The Hall–Kier alpha value is -3.52. The summed E-state index contributed by atoms with van der Waals surface area (Å²) in [6, 6.07) is 10.8. The summed E-state index contributed by atoms with van der Waals surface area (Å²) in [5, 5.41) is 20.3. The lowest BCUT2D eigenvalue weighted by Gasteiger charge is -2.25. The van der Waals surface area contributed by atoms with Gasteiger partial charge in [0, 0.05) is 18.7 Å². The number of aliphatic hydroxyl groups is 2. The van der Waals surface area contributed by atoms with Crippen LogP contribution in [0.1, 0.15) is 23.6 Å². The van der Waals surface area contributed by atoms with Crippen molar-refractivity contribution in [1.29, 1.82) is 0 Å². The van der Waals surface area contributed by atoms with E-state index in [0.29, 0.717) is 34.8 Å². The third-order valence-corrected chi connectivity index (χ3v) is 5.18. The normalized spacial score (nSPS) is 17.7. The number of nitrogens with zero attached hydrogens (tertiary/aromatic N) is 1. The van der Waals surface area contributed by atoms with Gasteiger partial charge in [-0.25, -0.2) is 0 Å². The van der Waals surface area contributed by atoms with E-state index in [2.05, 4.69) is 0 Å². The Morgan fingerprint density at radius 3 is 2.23 bits per heavy atom. The van der Waals surface area contributed by atoms with Crippen molar-refractivity contribution in [3.63, 3.8) is 0 Å². The molecule has 31 heavy (non-hydrogen) atoms. The van der Waals surface area contributed by atoms with Gasteiger partial charge in [0.25, 0.3) is 11.7 Å². The number of carbonyl (C=O) groups excluding carboxylic acids is 2. The number of hydrogen-bond acceptors (Lipinski definition) is 7. The molecule has 1 aliphatic rings. The van der Waals surface area contributed by atoms with Crippen molar-refractivity contribution in [2.45, 2.75) is 12.5 Å². The van der Waals surface area contributed by atoms with Gasteiger partial charge in [-0.2, -0.15) is 0 Å². The van der Waals surface area contributed by atoms with Crippen LogP contribution in [-0.4, -0.2) is 61.3 Å². The molecule has 3 rings (SSSR count). The first-order valence-electron chi connectivity index (χ1n) is 9.72. The van der Waals surface area contributed by atoms with E-state index < -0.39 is 17.7 Å². The lowest BCUT2D eigenvalue weighted by Crippen LogP contribution is -2.31. The van der Waals surface area contributed by atoms with Crippen molar-refractivity contribution in [3.8, 4) is 17.2 Å². The molecule has 1 amide bonds. The van der Waals surface area contributed by atoms with Crippen molar-refractivity contribution in [3.05, 3.63) is 59.2 Å². The van der Waals surface area contributed by atoms with E-state index in [1.54, 1.807) is 42.5 Å². The van der Waals surface area contributed by atoms with Gasteiger partial charge < -0.3 is 29.3 Å². The number of Topliss-reactive ketones (excluding diaryl/α,β-unsaturated/α-hetero) is 1. The molecule has 1 atom stereocenters. The summed E-state index contributed by atoms with van der Waals surface area (Å²) in [7, 11) is 4.52. The molecular formula is C23H25NO7. The molecule has 1 unspecified atom stereocenters. The molecule has 1 aliphatic heterocycles. The molecule has 1 saturated heterocycles. The molecule has 0 aliphatic carbocycles. The highest BCUT2D eigenvalue weighted by molar-refractivity contribution is 6.46. The maximum atomic E-state index is 12.9. The number of likely N-dealkylation sites (tertiary alicyclic amines) is 1. The number of aliphatic hydroxyl groups excluding tert-OH is 2. The Balaban J connectivity index is 2.17. The van der Waals surface area contributed by atoms with Crippen molar-refractivity contribution in [2.24, 2.45) is 0 Å². The first-order chi connectivity index (χ1) is 15.0. The first-order valence-corrected chi connectivity index (χ1v) is 9.72. The van der Waals surface area contributed by atoms with Crippen LogP contribution in [0.25, 0.3) is 5.76 Å². The van der Waals surface area contributed by atoms with Crippen LogP contribution in [0.2, 0.25) is 0 Å². The van der Waals surface area contributed by atoms with Crippen LogP contribution in [-0.2, 0) is 9.59 Å². The number of carbonyl (C=O) groups is 2. The summed E-state index contributed by atoms with van der Waals surface area (Å²) in [6.07, 6.45) is 0.291. The highest BCUT2D eigenvalue weighted by atomic mass is 16.5. The highest BCUT2D eigenvalue weighted by Crippen LogP contribution is 2.42. The molecule has 2 aromatic rings. The molecule has 1 heterocycles. The van der Waals surface area contributed by atoms with E-state index in [9.17, 15) is 19.8 Å². The number of benzene rings is 2. The summed E-state index contributed by atoms with van der Waals surface area (Å²) in [4.78, 5) is 27.1. The zero-order chi connectivity index (χ0) is 22.5. The number of rotatable bonds is 8. The lowest BCUT2D eigenvalue weighted by molar-refractivity contribution is -0.140. The van der Waals surface area contributed by atoms with E-state index in [4.69, 9.17) is 14.2 Å². The van der Waals surface area contributed by atoms with E-state index in [0.717, 1.165) is 0 Å². The van der Waals surface area contributed by atoms with Crippen LogP contribution in [0.3, 0.4) is 0 Å². The minimum absolute atomic E-state index is 0.0275. The Kier molecular flexibility index (Phi) is 6.81. The van der Waals surface area contributed by atoms with E-state index in [1.165, 1.54) is 26.2 Å². The molecule has 1 fully saturated rings. The Morgan fingerprint density at radius 2 is 1.65 bits per heavy atom. The average molecular weight is 427 g/mol. The summed E-state index contributed by atoms with van der Waals surface area (Å²) in [5.41, 5.74) is 0.927. The Bertz CT molecular complexity index is 997. The molecule has 0 radical (unpaired) electrons. The number of amides is 1. The van der Waals surface area contributed by atoms with Crippen LogP contribution in [0.5, 0.6) is 17.2 Å². The van der Waals surface area contributed by atoms with E-state index >= 15 is 0 Å². The van der Waals surface area contributed by atoms with Gasteiger partial charge in [0.05, 0.1) is 32.9 Å². The molecule has 8 nitrogen and oxygen atoms in total. The van der Waals surface area contributed by atoms with Crippen LogP contribution in [0.15, 0.2) is 48.0 Å². The summed E-state index contributed by atoms with van der Waals surface area (Å²) in [6.45, 7) is 0.0135. The molecule has 164 valence electrons. The minimum Gasteiger partial charge on any atom is -0.507 e. The minimum atomic E-state index is -0.839. The van der Waals surface area contributed by atoms with Crippen molar-refractivity contribution < 1.29 is 34.0 Å². The van der Waals surface area contributed by atoms with Gasteiger partial charge in [0.1, 0.15) is 11.5 Å². The molecule has 0 aromatic heterocycles. The summed E-state index contributed by atoms with van der Waals surface area (Å²) >= 11 is 0. The van der Waals surface area contributed by atoms with Gasteiger partial charge in [0.15, 0.2) is 11.5 Å². The molecule has 0 bridgehead atoms. The largest absolute Gasteiger partial charge is 0.507 e. The van der Waals surface area contributed by atoms with Crippen molar-refractivity contribution >= 4 is 17.4 Å². The fourth-order valence-corrected chi connectivity index (χ4v) is 3.63. The van der Waals surface area contributed by atoms with Crippen LogP contribution in [0, 0.1) is 0 Å². The second kappa shape index (κ2) is 9.53. The van der Waals surface area contributed by atoms with Gasteiger partial charge in [0.2, 0.25) is 0 Å². The summed E-state index contributed by atoms with van der Waals surface area (Å²) < 4.78 is 15.8. The van der Waals surface area contributed by atoms with Gasteiger partial charge >= 0.3 is 0 Å². The Morgan fingerprint density at radius 1 is 0.968 bits per heavy atom. The monoisotopic (exact) mass is 427 g/mol. The number of ether oxygens (including phenoxy) is 3. The predicted octanol–water partition coefficient (Wildman–Crippen LogP) is 2.52. The second-order valence-electron chi connectivity index (χ2n) is 6.91. The first kappa shape index (κ1) is 22.2.